The van der Waals surface area contributed by atoms with E-state index in [1.807, 2.05) is 0 Å². The summed E-state index contributed by atoms with van der Waals surface area (Å²) in [5.74, 6) is 0.857. The number of nitrogens with zero attached hydrogens (tertiary/aromatic N) is 1. The molecule has 1 N–H and O–H groups in total. The molecule has 6 heteroatoms. The lowest BCUT2D eigenvalue weighted by Crippen LogP contribution is -2.45. The van der Waals surface area contributed by atoms with Gasteiger partial charge < -0.3 is 5.32 Å². The van der Waals surface area contributed by atoms with E-state index < -0.39 is 10.0 Å². The Bertz CT molecular complexity index is 636. The average Bonchev–Trinajstić information content (AvgIpc) is 3.32. The van der Waals surface area contributed by atoms with Crippen molar-refractivity contribution in [2.45, 2.75) is 43.5 Å². The number of hydrogen-bond donors (Lipinski definition) is 1. The van der Waals surface area contributed by atoms with E-state index in [0.29, 0.717) is 34.6 Å². The van der Waals surface area contributed by atoms with E-state index in [1.54, 1.807) is 29.4 Å². The molecule has 1 aromatic carbocycles. The van der Waals surface area contributed by atoms with Crippen molar-refractivity contribution in [2.24, 2.45) is 5.92 Å². The third-order valence-corrected chi connectivity index (χ3v) is 7.13. The summed E-state index contributed by atoms with van der Waals surface area (Å²) in [6.45, 7) is 4.01. The van der Waals surface area contributed by atoms with Crippen molar-refractivity contribution in [3.63, 3.8) is 0 Å². The molecule has 1 saturated carbocycles. The van der Waals surface area contributed by atoms with Gasteiger partial charge in [0.25, 0.3) is 0 Å². The standard InChI is InChI=1S/C16H23ClN2O2S/c1-12-15(17)3-2-4-16(12)22(20,21)19-9-7-14(8-10-19)18-11-13-5-6-13/h2-4,13-14,18H,5-11H2,1H3. The minimum absolute atomic E-state index is 0.337. The SMILES string of the molecule is Cc1c(Cl)cccc1S(=O)(=O)N1CCC(NCC2CC2)CC1. The molecule has 2 aliphatic rings. The summed E-state index contributed by atoms with van der Waals surface area (Å²) in [7, 11) is -3.44. The van der Waals surface area contributed by atoms with E-state index in [9.17, 15) is 8.42 Å². The van der Waals surface area contributed by atoms with Gasteiger partial charge in [-0.3, -0.25) is 0 Å². The molecule has 1 saturated heterocycles. The molecule has 1 heterocycles. The van der Waals surface area contributed by atoms with E-state index >= 15 is 0 Å². The third kappa shape index (κ3) is 3.48. The van der Waals surface area contributed by atoms with Crippen LogP contribution in [0, 0.1) is 12.8 Å². The summed E-state index contributed by atoms with van der Waals surface area (Å²) in [4.78, 5) is 0.337. The second-order valence-corrected chi connectivity index (χ2v) is 8.71. The fourth-order valence-electron chi connectivity index (χ4n) is 2.96. The Morgan fingerprint density at radius 2 is 1.91 bits per heavy atom. The second kappa shape index (κ2) is 6.48. The Balaban J connectivity index is 1.65. The van der Waals surface area contributed by atoms with Crippen molar-refractivity contribution >= 4 is 21.6 Å². The molecule has 0 amide bonds. The Labute approximate surface area is 137 Å². The molecular formula is C16H23ClN2O2S. The van der Waals surface area contributed by atoms with Crippen LogP contribution in [0.15, 0.2) is 23.1 Å². The van der Waals surface area contributed by atoms with Gasteiger partial charge in [-0.25, -0.2) is 8.42 Å². The van der Waals surface area contributed by atoms with Crippen molar-refractivity contribution < 1.29 is 8.42 Å². The molecule has 0 bridgehead atoms. The molecule has 22 heavy (non-hydrogen) atoms. The van der Waals surface area contributed by atoms with Gasteiger partial charge in [0, 0.05) is 24.2 Å². The van der Waals surface area contributed by atoms with Gasteiger partial charge in [0.15, 0.2) is 0 Å². The predicted molar refractivity (Wildman–Crippen MR) is 88.7 cm³/mol. The topological polar surface area (TPSA) is 49.4 Å². The van der Waals surface area contributed by atoms with Crippen LogP contribution < -0.4 is 5.32 Å². The smallest absolute Gasteiger partial charge is 0.243 e. The van der Waals surface area contributed by atoms with Gasteiger partial charge >= 0.3 is 0 Å². The number of benzene rings is 1. The van der Waals surface area contributed by atoms with Crippen molar-refractivity contribution in [3.05, 3.63) is 28.8 Å². The molecule has 122 valence electrons. The highest BCUT2D eigenvalue weighted by atomic mass is 35.5. The first kappa shape index (κ1) is 16.2. The van der Waals surface area contributed by atoms with Crippen LogP contribution in [-0.2, 0) is 10.0 Å². The molecule has 0 unspecified atom stereocenters. The van der Waals surface area contributed by atoms with Gasteiger partial charge in [-0.15, -0.1) is 0 Å². The fourth-order valence-corrected chi connectivity index (χ4v) is 4.91. The Morgan fingerprint density at radius 1 is 1.23 bits per heavy atom. The van der Waals surface area contributed by atoms with Crippen molar-refractivity contribution in [1.29, 1.82) is 0 Å². The number of hydrogen-bond acceptors (Lipinski definition) is 3. The highest BCUT2D eigenvalue weighted by molar-refractivity contribution is 7.89. The van der Waals surface area contributed by atoms with Gasteiger partial charge in [-0.1, -0.05) is 17.7 Å². The first-order valence-electron chi connectivity index (χ1n) is 7.97. The highest BCUT2D eigenvalue weighted by Gasteiger charge is 2.31. The van der Waals surface area contributed by atoms with Gasteiger partial charge in [-0.05, 0) is 62.8 Å². The van der Waals surface area contributed by atoms with Crippen LogP contribution >= 0.6 is 11.6 Å². The maximum atomic E-state index is 12.8. The summed E-state index contributed by atoms with van der Waals surface area (Å²) >= 11 is 6.07. The minimum atomic E-state index is -3.44. The predicted octanol–water partition coefficient (Wildman–Crippen LogP) is 2.80. The summed E-state index contributed by atoms with van der Waals surface area (Å²) in [5.41, 5.74) is 0.637. The highest BCUT2D eigenvalue weighted by Crippen LogP contribution is 2.29. The zero-order valence-electron chi connectivity index (χ0n) is 12.9. The van der Waals surface area contributed by atoms with Crippen LogP contribution in [0.25, 0.3) is 0 Å². The molecule has 0 aromatic heterocycles. The molecule has 1 aliphatic heterocycles. The monoisotopic (exact) mass is 342 g/mol. The first-order chi connectivity index (χ1) is 10.5. The average molecular weight is 343 g/mol. The largest absolute Gasteiger partial charge is 0.314 e. The maximum Gasteiger partial charge on any atom is 0.243 e. The number of piperidine rings is 1. The normalized spacial score (nSPS) is 21.2. The van der Waals surface area contributed by atoms with Gasteiger partial charge in [0.2, 0.25) is 10.0 Å². The lowest BCUT2D eigenvalue weighted by atomic mass is 10.1. The lowest BCUT2D eigenvalue weighted by Gasteiger charge is -2.32. The lowest BCUT2D eigenvalue weighted by molar-refractivity contribution is 0.288. The van der Waals surface area contributed by atoms with Crippen LogP contribution in [0.1, 0.15) is 31.2 Å². The molecule has 3 rings (SSSR count). The number of nitrogens with one attached hydrogen (secondary N) is 1. The number of halogens is 1. The quantitative estimate of drug-likeness (QED) is 0.895. The van der Waals surface area contributed by atoms with Crippen LogP contribution in [0.3, 0.4) is 0 Å². The number of rotatable bonds is 5. The molecule has 0 spiro atoms. The van der Waals surface area contributed by atoms with Gasteiger partial charge in [0.1, 0.15) is 0 Å². The summed E-state index contributed by atoms with van der Waals surface area (Å²) in [6, 6.07) is 5.52. The van der Waals surface area contributed by atoms with E-state index in [-0.39, 0.29) is 0 Å². The zero-order valence-corrected chi connectivity index (χ0v) is 14.5. The van der Waals surface area contributed by atoms with Crippen LogP contribution in [0.5, 0.6) is 0 Å². The Hall–Kier alpha value is -0.620. The fraction of sp³-hybridized carbons (Fsp3) is 0.625. The second-order valence-electron chi connectivity index (χ2n) is 6.39. The molecule has 1 aromatic rings. The van der Waals surface area contributed by atoms with Crippen molar-refractivity contribution in [2.75, 3.05) is 19.6 Å². The molecule has 2 fully saturated rings. The summed E-state index contributed by atoms with van der Waals surface area (Å²) < 4.78 is 27.2. The molecule has 1 aliphatic carbocycles. The van der Waals surface area contributed by atoms with Crippen LogP contribution in [-0.4, -0.2) is 38.4 Å². The van der Waals surface area contributed by atoms with E-state index in [2.05, 4.69) is 5.32 Å². The van der Waals surface area contributed by atoms with Crippen LogP contribution in [0.2, 0.25) is 5.02 Å². The maximum absolute atomic E-state index is 12.8. The molecule has 0 radical (unpaired) electrons. The third-order valence-electron chi connectivity index (χ3n) is 4.68. The van der Waals surface area contributed by atoms with E-state index in [0.717, 1.165) is 25.3 Å². The molecule has 4 nitrogen and oxygen atoms in total. The van der Waals surface area contributed by atoms with Crippen molar-refractivity contribution in [3.8, 4) is 0 Å². The zero-order chi connectivity index (χ0) is 15.7. The summed E-state index contributed by atoms with van der Waals surface area (Å²) in [6.07, 6.45) is 4.44. The number of sulfonamides is 1. The van der Waals surface area contributed by atoms with Crippen molar-refractivity contribution in [1.82, 2.24) is 9.62 Å². The molecule has 0 atom stereocenters. The summed E-state index contributed by atoms with van der Waals surface area (Å²) in [5, 5.41) is 4.08. The van der Waals surface area contributed by atoms with E-state index in [4.69, 9.17) is 11.6 Å². The van der Waals surface area contributed by atoms with Gasteiger partial charge in [0.05, 0.1) is 4.90 Å². The van der Waals surface area contributed by atoms with Crippen LogP contribution in [0.4, 0.5) is 0 Å². The Morgan fingerprint density at radius 3 is 2.55 bits per heavy atom. The first-order valence-corrected chi connectivity index (χ1v) is 9.79. The van der Waals surface area contributed by atoms with Gasteiger partial charge in [-0.2, -0.15) is 4.31 Å². The van der Waals surface area contributed by atoms with E-state index in [1.165, 1.54) is 12.8 Å². The Kier molecular flexibility index (Phi) is 4.78. The molecular weight excluding hydrogens is 320 g/mol. The minimum Gasteiger partial charge on any atom is -0.314 e.